The van der Waals surface area contributed by atoms with Crippen molar-refractivity contribution in [3.63, 3.8) is 0 Å². The highest BCUT2D eigenvalue weighted by Gasteiger charge is 2.31. The number of aliphatic hydroxyl groups excluding tert-OH is 1. The second-order valence-corrected chi connectivity index (χ2v) is 7.00. The molecule has 6 nitrogen and oxygen atoms in total. The first-order chi connectivity index (χ1) is 13.6. The van der Waals surface area contributed by atoms with Crippen LogP contribution in [0.4, 0.5) is 0 Å². The Bertz CT molecular complexity index is 735. The topological polar surface area (TPSA) is 64.1 Å². The molecule has 1 fully saturated rings. The number of amides is 2. The molecule has 0 radical (unpaired) electrons. The van der Waals surface area contributed by atoms with E-state index >= 15 is 0 Å². The van der Waals surface area contributed by atoms with E-state index < -0.39 is 11.8 Å². The normalized spacial score (nSPS) is 14.9. The molecule has 6 heteroatoms. The summed E-state index contributed by atoms with van der Waals surface area (Å²) in [5.41, 5.74) is 2.43. The molecule has 1 heterocycles. The number of carbonyl (C=O) groups is 2. The van der Waals surface area contributed by atoms with Gasteiger partial charge < -0.3 is 14.9 Å². The lowest BCUT2D eigenvalue weighted by Gasteiger charge is -2.39. The molecule has 1 saturated heterocycles. The van der Waals surface area contributed by atoms with Crippen molar-refractivity contribution in [3.05, 3.63) is 71.8 Å². The van der Waals surface area contributed by atoms with Gasteiger partial charge in [-0.15, -0.1) is 0 Å². The van der Waals surface area contributed by atoms with E-state index in [0.717, 1.165) is 0 Å². The van der Waals surface area contributed by atoms with Crippen molar-refractivity contribution in [2.24, 2.45) is 0 Å². The summed E-state index contributed by atoms with van der Waals surface area (Å²) in [6, 6.07) is 20.8. The van der Waals surface area contributed by atoms with Gasteiger partial charge in [-0.1, -0.05) is 60.7 Å². The van der Waals surface area contributed by atoms with E-state index in [1.54, 1.807) is 4.90 Å². The Kier molecular flexibility index (Phi) is 6.79. The van der Waals surface area contributed by atoms with Crippen LogP contribution in [0.25, 0.3) is 0 Å². The molecule has 2 amide bonds. The van der Waals surface area contributed by atoms with Gasteiger partial charge in [0.25, 0.3) is 0 Å². The van der Waals surface area contributed by atoms with Crippen molar-refractivity contribution in [3.8, 4) is 0 Å². The number of rotatable bonds is 5. The van der Waals surface area contributed by atoms with Crippen molar-refractivity contribution >= 4 is 11.8 Å². The maximum Gasteiger partial charge on any atom is 0.312 e. The fraction of sp³-hybridized carbons (Fsp3) is 0.364. The van der Waals surface area contributed by atoms with Gasteiger partial charge in [0.1, 0.15) is 0 Å². The van der Waals surface area contributed by atoms with E-state index in [9.17, 15) is 9.59 Å². The summed E-state index contributed by atoms with van der Waals surface area (Å²) in [5, 5.41) is 8.96. The SMILES string of the molecule is CN(CCO)C(=O)C(=O)N1CCN(C(c2ccccc2)c2ccccc2)CC1. The van der Waals surface area contributed by atoms with Crippen LogP contribution in [0.2, 0.25) is 0 Å². The molecule has 0 saturated carbocycles. The quantitative estimate of drug-likeness (QED) is 0.795. The second-order valence-electron chi connectivity index (χ2n) is 7.00. The van der Waals surface area contributed by atoms with Gasteiger partial charge in [-0.3, -0.25) is 14.5 Å². The molecule has 28 heavy (non-hydrogen) atoms. The largest absolute Gasteiger partial charge is 0.395 e. The second kappa shape index (κ2) is 9.48. The van der Waals surface area contributed by atoms with Crippen LogP contribution in [0.3, 0.4) is 0 Å². The number of aliphatic hydroxyl groups is 1. The smallest absolute Gasteiger partial charge is 0.312 e. The number of carbonyl (C=O) groups excluding carboxylic acids is 2. The molecule has 1 aliphatic heterocycles. The third kappa shape index (κ3) is 4.58. The fourth-order valence-corrected chi connectivity index (χ4v) is 3.62. The van der Waals surface area contributed by atoms with Crippen LogP contribution in [0, 0.1) is 0 Å². The molecular weight excluding hydrogens is 354 g/mol. The molecule has 1 aliphatic rings. The van der Waals surface area contributed by atoms with Crippen molar-refractivity contribution in [1.82, 2.24) is 14.7 Å². The number of hydrogen-bond donors (Lipinski definition) is 1. The van der Waals surface area contributed by atoms with Crippen LogP contribution >= 0.6 is 0 Å². The van der Waals surface area contributed by atoms with Crippen LogP contribution in [-0.4, -0.2) is 78.0 Å². The molecule has 0 atom stereocenters. The summed E-state index contributed by atoms with van der Waals surface area (Å²) in [4.78, 5) is 29.9. The first-order valence-corrected chi connectivity index (χ1v) is 9.61. The average Bonchev–Trinajstić information content (AvgIpc) is 2.75. The lowest BCUT2D eigenvalue weighted by atomic mass is 9.96. The Balaban J connectivity index is 1.71. The maximum atomic E-state index is 12.5. The summed E-state index contributed by atoms with van der Waals surface area (Å²) in [6.45, 7) is 2.41. The highest BCUT2D eigenvalue weighted by atomic mass is 16.3. The predicted molar refractivity (Wildman–Crippen MR) is 108 cm³/mol. The van der Waals surface area contributed by atoms with Gasteiger partial charge in [-0.05, 0) is 11.1 Å². The third-order valence-corrected chi connectivity index (χ3v) is 5.16. The lowest BCUT2D eigenvalue weighted by molar-refractivity contribution is -0.152. The van der Waals surface area contributed by atoms with Crippen molar-refractivity contribution in [2.45, 2.75) is 6.04 Å². The molecule has 2 aromatic rings. The molecule has 1 N–H and O–H groups in total. The minimum Gasteiger partial charge on any atom is -0.395 e. The fourth-order valence-electron chi connectivity index (χ4n) is 3.62. The summed E-state index contributed by atoms with van der Waals surface area (Å²) < 4.78 is 0. The monoisotopic (exact) mass is 381 g/mol. The predicted octanol–water partition coefficient (Wildman–Crippen LogP) is 1.37. The lowest BCUT2D eigenvalue weighted by Crippen LogP contribution is -2.53. The molecule has 0 aromatic heterocycles. The van der Waals surface area contributed by atoms with Crippen LogP contribution in [0.1, 0.15) is 17.2 Å². The third-order valence-electron chi connectivity index (χ3n) is 5.16. The molecule has 148 valence electrons. The van der Waals surface area contributed by atoms with Crippen LogP contribution < -0.4 is 0 Å². The number of hydrogen-bond acceptors (Lipinski definition) is 4. The maximum absolute atomic E-state index is 12.5. The molecule has 0 unspecified atom stereocenters. The minimum absolute atomic E-state index is 0.118. The molecule has 3 rings (SSSR count). The molecular formula is C22H27N3O3. The van der Waals surface area contributed by atoms with E-state index in [-0.39, 0.29) is 19.2 Å². The van der Waals surface area contributed by atoms with Gasteiger partial charge in [-0.25, -0.2) is 0 Å². The van der Waals surface area contributed by atoms with Gasteiger partial charge >= 0.3 is 11.8 Å². The zero-order chi connectivity index (χ0) is 19.9. The van der Waals surface area contributed by atoms with E-state index in [2.05, 4.69) is 29.2 Å². The van der Waals surface area contributed by atoms with E-state index in [0.29, 0.717) is 26.2 Å². The molecule has 2 aromatic carbocycles. The Labute approximate surface area is 166 Å². The number of benzene rings is 2. The zero-order valence-electron chi connectivity index (χ0n) is 16.2. The standard InChI is InChI=1S/C22H27N3O3/c1-23(16-17-26)21(27)22(28)25-14-12-24(13-15-25)20(18-8-4-2-5-9-18)19-10-6-3-7-11-19/h2-11,20,26H,12-17H2,1H3. The van der Waals surface area contributed by atoms with Gasteiger partial charge in [0, 0.05) is 39.8 Å². The summed E-state index contributed by atoms with van der Waals surface area (Å²) in [7, 11) is 1.54. The van der Waals surface area contributed by atoms with Crippen molar-refractivity contribution in [1.29, 1.82) is 0 Å². The Morgan fingerprint density at radius 3 is 1.89 bits per heavy atom. The minimum atomic E-state index is -0.565. The Morgan fingerprint density at radius 2 is 1.43 bits per heavy atom. The Morgan fingerprint density at radius 1 is 0.929 bits per heavy atom. The first kappa shape index (κ1) is 20.0. The summed E-state index contributed by atoms with van der Waals surface area (Å²) in [5.74, 6) is -1.06. The van der Waals surface area contributed by atoms with Crippen molar-refractivity contribution < 1.29 is 14.7 Å². The van der Waals surface area contributed by atoms with Crippen LogP contribution in [0.15, 0.2) is 60.7 Å². The van der Waals surface area contributed by atoms with E-state index in [1.165, 1.54) is 23.1 Å². The number of likely N-dealkylation sites (N-methyl/N-ethyl adjacent to an activating group) is 1. The van der Waals surface area contributed by atoms with Gasteiger partial charge in [0.05, 0.1) is 12.6 Å². The van der Waals surface area contributed by atoms with Crippen LogP contribution in [-0.2, 0) is 9.59 Å². The number of nitrogens with zero attached hydrogens (tertiary/aromatic N) is 3. The number of piperazine rings is 1. The first-order valence-electron chi connectivity index (χ1n) is 9.61. The average molecular weight is 381 g/mol. The van der Waals surface area contributed by atoms with Gasteiger partial charge in [0.2, 0.25) is 0 Å². The molecule has 0 aliphatic carbocycles. The molecule has 0 bridgehead atoms. The summed E-state index contributed by atoms with van der Waals surface area (Å²) in [6.07, 6.45) is 0. The highest BCUT2D eigenvalue weighted by molar-refractivity contribution is 6.34. The van der Waals surface area contributed by atoms with Gasteiger partial charge in [0.15, 0.2) is 0 Å². The Hall–Kier alpha value is -2.70. The summed E-state index contributed by atoms with van der Waals surface area (Å²) >= 11 is 0. The molecule has 0 spiro atoms. The van der Waals surface area contributed by atoms with Crippen LogP contribution in [0.5, 0.6) is 0 Å². The van der Waals surface area contributed by atoms with Crippen molar-refractivity contribution in [2.75, 3.05) is 46.4 Å². The van der Waals surface area contributed by atoms with E-state index in [1.807, 2.05) is 36.4 Å². The highest BCUT2D eigenvalue weighted by Crippen LogP contribution is 2.29. The zero-order valence-corrected chi connectivity index (χ0v) is 16.2. The van der Waals surface area contributed by atoms with E-state index in [4.69, 9.17) is 5.11 Å². The van der Waals surface area contributed by atoms with Gasteiger partial charge in [-0.2, -0.15) is 0 Å².